The third-order valence-electron chi connectivity index (χ3n) is 5.77. The normalized spacial score (nSPS) is 27.6. The number of hydrogen-bond acceptors (Lipinski definition) is 3. The molecule has 5 unspecified atom stereocenters. The van der Waals surface area contributed by atoms with E-state index in [2.05, 4.69) is 5.32 Å². The number of amides is 1. The first-order chi connectivity index (χ1) is 14.9. The van der Waals surface area contributed by atoms with E-state index in [0.717, 1.165) is 30.3 Å². The summed E-state index contributed by atoms with van der Waals surface area (Å²) in [5.74, 6) is -2.47. The second-order valence-electron chi connectivity index (χ2n) is 7.80. The molecule has 32 heavy (non-hydrogen) atoms. The molecule has 4 nitrogen and oxygen atoms in total. The van der Waals surface area contributed by atoms with Crippen molar-refractivity contribution in [2.75, 3.05) is 5.32 Å². The summed E-state index contributed by atoms with van der Waals surface area (Å²) in [6.07, 6.45) is -11.7. The van der Waals surface area contributed by atoms with E-state index in [-0.39, 0.29) is 17.7 Å². The first kappa shape index (κ1) is 22.9. The molecule has 0 saturated carbocycles. The monoisotopic (exact) mass is 479 g/mol. The molecule has 5 atom stereocenters. The Kier molecular flexibility index (Phi) is 5.67. The van der Waals surface area contributed by atoms with Gasteiger partial charge in [0.2, 0.25) is 5.91 Å². The number of carbonyl (C=O) groups is 1. The average molecular weight is 480 g/mol. The predicted molar refractivity (Wildman–Crippen MR) is 102 cm³/mol. The lowest BCUT2D eigenvalue weighted by Gasteiger charge is -2.30. The van der Waals surface area contributed by atoms with Gasteiger partial charge in [-0.15, -0.1) is 0 Å². The summed E-state index contributed by atoms with van der Waals surface area (Å²) in [5, 5.41) is 12.1. The molecule has 2 N–H and O–H groups in total. The van der Waals surface area contributed by atoms with Gasteiger partial charge >= 0.3 is 12.4 Å². The Morgan fingerprint density at radius 2 is 1.78 bits per heavy atom. The lowest BCUT2D eigenvalue weighted by atomic mass is 9.73. The Hall–Kier alpha value is -2.30. The Bertz CT molecular complexity index is 1040. The van der Waals surface area contributed by atoms with Crippen LogP contribution in [0.5, 0.6) is 0 Å². The van der Waals surface area contributed by atoms with Gasteiger partial charge in [0.25, 0.3) is 0 Å². The number of ether oxygens (including phenoxy) is 1. The number of alkyl halides is 6. The third-order valence-corrected chi connectivity index (χ3v) is 6.08. The Labute approximate surface area is 183 Å². The van der Waals surface area contributed by atoms with Crippen molar-refractivity contribution in [2.24, 2.45) is 5.92 Å². The first-order valence-electron chi connectivity index (χ1n) is 9.54. The molecule has 2 aromatic carbocycles. The van der Waals surface area contributed by atoms with Crippen LogP contribution >= 0.6 is 11.6 Å². The quantitative estimate of drug-likeness (QED) is 0.591. The minimum atomic E-state index is -4.66. The molecule has 0 radical (unpaired) electrons. The third kappa shape index (κ3) is 4.18. The SMILES string of the molecule is O=C(Nc1ccc(C(F)(F)F)c(Cl)c1)C1C2CC(O)C(O2)C1c1cccc(C(F)(F)F)c1. The maximum Gasteiger partial charge on any atom is 0.417 e. The highest BCUT2D eigenvalue weighted by Gasteiger charge is 2.57. The van der Waals surface area contributed by atoms with Crippen LogP contribution in [0.15, 0.2) is 42.5 Å². The Morgan fingerprint density at radius 1 is 1.06 bits per heavy atom. The lowest BCUT2D eigenvalue weighted by Crippen LogP contribution is -2.41. The molecule has 2 aromatic rings. The van der Waals surface area contributed by atoms with Gasteiger partial charge in [-0.25, -0.2) is 0 Å². The second-order valence-corrected chi connectivity index (χ2v) is 8.21. The van der Waals surface area contributed by atoms with Gasteiger partial charge in [-0.2, -0.15) is 26.3 Å². The molecule has 0 spiro atoms. The maximum atomic E-state index is 13.2. The molecule has 172 valence electrons. The standard InChI is InChI=1S/C21H16ClF6NO3/c22-13-7-11(4-5-12(13)21(26,27)28)29-19(31)17-15-8-14(30)18(32-15)16(17)9-2-1-3-10(6-9)20(23,24)25/h1-7,14-18,30H,8H2,(H,29,31). The van der Waals surface area contributed by atoms with Gasteiger partial charge < -0.3 is 15.2 Å². The molecule has 2 fully saturated rings. The van der Waals surface area contributed by atoms with Crippen molar-refractivity contribution in [3.8, 4) is 0 Å². The fraction of sp³-hybridized carbons (Fsp3) is 0.381. The molecular formula is C21H16ClF6NO3. The van der Waals surface area contributed by atoms with Gasteiger partial charge in [0.1, 0.15) is 0 Å². The van der Waals surface area contributed by atoms with Crippen LogP contribution in [-0.2, 0) is 21.9 Å². The topological polar surface area (TPSA) is 58.6 Å². The number of anilines is 1. The molecule has 4 rings (SSSR count). The van der Waals surface area contributed by atoms with E-state index in [1.807, 2.05) is 0 Å². The van der Waals surface area contributed by atoms with Crippen molar-refractivity contribution >= 4 is 23.2 Å². The zero-order chi connectivity index (χ0) is 23.4. The van der Waals surface area contributed by atoms with Gasteiger partial charge in [0.05, 0.1) is 40.4 Å². The zero-order valence-electron chi connectivity index (χ0n) is 16.0. The van der Waals surface area contributed by atoms with Gasteiger partial charge in [-0.1, -0.05) is 29.8 Å². The van der Waals surface area contributed by atoms with Gasteiger partial charge in [0.15, 0.2) is 0 Å². The van der Waals surface area contributed by atoms with Gasteiger partial charge in [-0.3, -0.25) is 4.79 Å². The number of aliphatic hydroxyl groups excluding tert-OH is 1. The van der Waals surface area contributed by atoms with Crippen molar-refractivity contribution in [1.82, 2.24) is 0 Å². The van der Waals surface area contributed by atoms with E-state index in [1.165, 1.54) is 12.1 Å². The van der Waals surface area contributed by atoms with Crippen molar-refractivity contribution in [3.63, 3.8) is 0 Å². The van der Waals surface area contributed by atoms with Crippen LogP contribution in [0.1, 0.15) is 29.0 Å². The highest BCUT2D eigenvalue weighted by Crippen LogP contribution is 2.50. The van der Waals surface area contributed by atoms with Crippen LogP contribution in [0.2, 0.25) is 5.02 Å². The zero-order valence-corrected chi connectivity index (χ0v) is 16.8. The molecule has 2 heterocycles. The second kappa shape index (κ2) is 7.93. The molecule has 0 aromatic heterocycles. The number of benzene rings is 2. The molecule has 2 aliphatic rings. The Balaban J connectivity index is 1.62. The van der Waals surface area contributed by atoms with Crippen LogP contribution in [0.25, 0.3) is 0 Å². The number of carbonyl (C=O) groups excluding carboxylic acids is 1. The van der Waals surface area contributed by atoms with Crippen LogP contribution < -0.4 is 5.32 Å². The molecule has 2 aliphatic heterocycles. The summed E-state index contributed by atoms with van der Waals surface area (Å²) in [6.45, 7) is 0. The highest BCUT2D eigenvalue weighted by molar-refractivity contribution is 6.31. The first-order valence-corrected chi connectivity index (χ1v) is 9.92. The fourth-order valence-corrected chi connectivity index (χ4v) is 4.70. The van der Waals surface area contributed by atoms with Crippen molar-refractivity contribution < 1.29 is 41.0 Å². The minimum Gasteiger partial charge on any atom is -0.390 e. The summed E-state index contributed by atoms with van der Waals surface area (Å²) in [7, 11) is 0. The number of rotatable bonds is 3. The van der Waals surface area contributed by atoms with Crippen LogP contribution in [0.3, 0.4) is 0 Å². The van der Waals surface area contributed by atoms with Crippen LogP contribution in [0.4, 0.5) is 32.0 Å². The maximum absolute atomic E-state index is 13.2. The number of aliphatic hydroxyl groups is 1. The fourth-order valence-electron chi connectivity index (χ4n) is 4.41. The molecule has 2 saturated heterocycles. The summed E-state index contributed by atoms with van der Waals surface area (Å²) in [4.78, 5) is 13.0. The largest absolute Gasteiger partial charge is 0.417 e. The van der Waals surface area contributed by atoms with Crippen LogP contribution in [-0.4, -0.2) is 29.3 Å². The molecule has 11 heteroatoms. The number of fused-ring (bicyclic) bond motifs is 2. The van der Waals surface area contributed by atoms with Crippen molar-refractivity contribution in [1.29, 1.82) is 0 Å². The van der Waals surface area contributed by atoms with E-state index in [9.17, 15) is 36.2 Å². The summed E-state index contributed by atoms with van der Waals surface area (Å²) in [5.41, 5.74) is -1.79. The molecule has 2 bridgehead atoms. The van der Waals surface area contributed by atoms with Gasteiger partial charge in [-0.05, 0) is 29.8 Å². The van der Waals surface area contributed by atoms with E-state index >= 15 is 0 Å². The van der Waals surface area contributed by atoms with Crippen molar-refractivity contribution in [3.05, 3.63) is 64.2 Å². The average Bonchev–Trinajstić information content (AvgIpc) is 3.23. The Morgan fingerprint density at radius 3 is 2.41 bits per heavy atom. The summed E-state index contributed by atoms with van der Waals surface area (Å²) >= 11 is 5.69. The predicted octanol–water partition coefficient (Wildman–Crippen LogP) is 5.25. The van der Waals surface area contributed by atoms with E-state index in [4.69, 9.17) is 16.3 Å². The summed E-state index contributed by atoms with van der Waals surface area (Å²) < 4.78 is 83.8. The van der Waals surface area contributed by atoms with E-state index < -0.39 is 64.6 Å². The summed E-state index contributed by atoms with van der Waals surface area (Å²) in [6, 6.07) is 7.15. The van der Waals surface area contributed by atoms with Crippen LogP contribution in [0, 0.1) is 5.92 Å². The highest BCUT2D eigenvalue weighted by atomic mass is 35.5. The number of nitrogens with one attached hydrogen (secondary N) is 1. The smallest absolute Gasteiger partial charge is 0.390 e. The lowest BCUT2D eigenvalue weighted by molar-refractivity contribution is -0.138. The van der Waals surface area contributed by atoms with Gasteiger partial charge in [0, 0.05) is 18.0 Å². The number of hydrogen-bond donors (Lipinski definition) is 2. The molecule has 1 amide bonds. The molecular weight excluding hydrogens is 464 g/mol. The van der Waals surface area contributed by atoms with E-state index in [1.54, 1.807) is 0 Å². The number of halogens is 7. The van der Waals surface area contributed by atoms with Crippen molar-refractivity contribution in [2.45, 2.75) is 43.0 Å². The minimum absolute atomic E-state index is 0.000820. The van der Waals surface area contributed by atoms with E-state index in [0.29, 0.717) is 0 Å². The molecule has 0 aliphatic carbocycles.